The second kappa shape index (κ2) is 7.53. The summed E-state index contributed by atoms with van der Waals surface area (Å²) in [4.78, 5) is 19.2. The van der Waals surface area contributed by atoms with E-state index < -0.39 is 0 Å². The number of amides is 1. The fourth-order valence-corrected chi connectivity index (χ4v) is 4.03. The first-order valence-electron chi connectivity index (χ1n) is 8.28. The maximum atomic E-state index is 12.4. The van der Waals surface area contributed by atoms with Gasteiger partial charge in [-0.2, -0.15) is 0 Å². The fourth-order valence-electron chi connectivity index (χ4n) is 3.21. The van der Waals surface area contributed by atoms with Gasteiger partial charge in [-0.25, -0.2) is 4.98 Å². The molecule has 1 saturated carbocycles. The van der Waals surface area contributed by atoms with Crippen molar-refractivity contribution in [3.8, 4) is 0 Å². The van der Waals surface area contributed by atoms with E-state index in [0.29, 0.717) is 17.7 Å². The van der Waals surface area contributed by atoms with Crippen molar-refractivity contribution in [2.45, 2.75) is 45.2 Å². The third-order valence-corrected chi connectivity index (χ3v) is 5.51. The molecule has 1 aromatic rings. The number of hydrogen-bond acceptors (Lipinski definition) is 5. The van der Waals surface area contributed by atoms with Gasteiger partial charge in [0.1, 0.15) is 10.7 Å². The SMILES string of the molecule is CC1CCCCC1NC(=O)c1csc(CN2CCOCC2)n1. The van der Waals surface area contributed by atoms with E-state index >= 15 is 0 Å². The van der Waals surface area contributed by atoms with Gasteiger partial charge in [0.2, 0.25) is 0 Å². The molecule has 1 aliphatic carbocycles. The molecule has 122 valence electrons. The molecule has 6 heteroatoms. The number of ether oxygens (including phenoxy) is 1. The van der Waals surface area contributed by atoms with Crippen LogP contribution in [0, 0.1) is 5.92 Å². The number of morpholine rings is 1. The van der Waals surface area contributed by atoms with E-state index in [2.05, 4.69) is 22.1 Å². The maximum absolute atomic E-state index is 12.4. The standard InChI is InChI=1S/C16H25N3O2S/c1-12-4-2-3-5-13(12)18-16(20)14-11-22-15(17-14)10-19-6-8-21-9-7-19/h11-13H,2-10H2,1H3,(H,18,20). The molecule has 2 fully saturated rings. The van der Waals surface area contributed by atoms with E-state index in [4.69, 9.17) is 4.74 Å². The second-order valence-electron chi connectivity index (χ2n) is 6.36. The Kier molecular flexibility index (Phi) is 5.44. The van der Waals surface area contributed by atoms with Gasteiger partial charge in [0, 0.05) is 24.5 Å². The van der Waals surface area contributed by atoms with Crippen LogP contribution in [0.15, 0.2) is 5.38 Å². The number of hydrogen-bond donors (Lipinski definition) is 1. The smallest absolute Gasteiger partial charge is 0.270 e. The van der Waals surface area contributed by atoms with E-state index in [9.17, 15) is 4.79 Å². The van der Waals surface area contributed by atoms with Crippen LogP contribution in [0.1, 0.15) is 48.1 Å². The molecule has 0 aromatic carbocycles. The third kappa shape index (κ3) is 4.06. The van der Waals surface area contributed by atoms with Crippen molar-refractivity contribution < 1.29 is 9.53 Å². The average Bonchev–Trinajstić information content (AvgIpc) is 2.99. The Bertz CT molecular complexity index is 499. The lowest BCUT2D eigenvalue weighted by Gasteiger charge is -2.29. The minimum Gasteiger partial charge on any atom is -0.379 e. The van der Waals surface area contributed by atoms with Crippen molar-refractivity contribution in [1.82, 2.24) is 15.2 Å². The monoisotopic (exact) mass is 323 g/mol. The van der Waals surface area contributed by atoms with Gasteiger partial charge >= 0.3 is 0 Å². The summed E-state index contributed by atoms with van der Waals surface area (Å²) in [6.07, 6.45) is 4.81. The number of carbonyl (C=O) groups is 1. The van der Waals surface area contributed by atoms with E-state index in [1.807, 2.05) is 5.38 Å². The quantitative estimate of drug-likeness (QED) is 0.924. The molecule has 0 spiro atoms. The van der Waals surface area contributed by atoms with Gasteiger partial charge in [0.25, 0.3) is 5.91 Å². The zero-order valence-corrected chi connectivity index (χ0v) is 14.0. The van der Waals surface area contributed by atoms with E-state index in [0.717, 1.165) is 44.3 Å². The number of thiazole rings is 1. The van der Waals surface area contributed by atoms with Gasteiger partial charge in [-0.05, 0) is 18.8 Å². The van der Waals surface area contributed by atoms with Crippen LogP contribution in [0.4, 0.5) is 0 Å². The normalized spacial score (nSPS) is 26.8. The van der Waals surface area contributed by atoms with Crippen molar-refractivity contribution in [2.75, 3.05) is 26.3 Å². The van der Waals surface area contributed by atoms with Crippen molar-refractivity contribution >= 4 is 17.2 Å². The molecule has 0 bridgehead atoms. The zero-order chi connectivity index (χ0) is 15.4. The first-order chi connectivity index (χ1) is 10.7. The summed E-state index contributed by atoms with van der Waals surface area (Å²) in [5, 5.41) is 6.08. The molecule has 1 N–H and O–H groups in total. The second-order valence-corrected chi connectivity index (χ2v) is 7.30. The highest BCUT2D eigenvalue weighted by molar-refractivity contribution is 7.09. The summed E-state index contributed by atoms with van der Waals surface area (Å²) in [5.74, 6) is 0.562. The summed E-state index contributed by atoms with van der Waals surface area (Å²) in [6.45, 7) is 6.52. The molecule has 1 aromatic heterocycles. The third-order valence-electron chi connectivity index (χ3n) is 4.67. The van der Waals surface area contributed by atoms with Gasteiger partial charge in [-0.15, -0.1) is 11.3 Å². The summed E-state index contributed by atoms with van der Waals surface area (Å²) < 4.78 is 5.35. The van der Waals surface area contributed by atoms with Crippen molar-refractivity contribution in [3.63, 3.8) is 0 Å². The van der Waals surface area contributed by atoms with Crippen LogP contribution in [0.25, 0.3) is 0 Å². The topological polar surface area (TPSA) is 54.5 Å². The van der Waals surface area contributed by atoms with Gasteiger partial charge in [-0.1, -0.05) is 19.8 Å². The molecule has 2 aliphatic rings. The summed E-state index contributed by atoms with van der Waals surface area (Å²) in [6, 6.07) is 0.311. The average molecular weight is 323 g/mol. The molecule has 2 atom stereocenters. The van der Waals surface area contributed by atoms with Gasteiger partial charge in [0.05, 0.1) is 19.8 Å². The van der Waals surface area contributed by atoms with Crippen LogP contribution in [0.5, 0.6) is 0 Å². The van der Waals surface area contributed by atoms with E-state index in [1.54, 1.807) is 11.3 Å². The largest absolute Gasteiger partial charge is 0.379 e. The minimum absolute atomic E-state index is 0.0109. The highest BCUT2D eigenvalue weighted by Gasteiger charge is 2.24. The van der Waals surface area contributed by atoms with Crippen molar-refractivity contribution in [2.24, 2.45) is 5.92 Å². The molecule has 2 heterocycles. The Balaban J connectivity index is 1.54. The molecule has 1 saturated heterocycles. The van der Waals surface area contributed by atoms with Crippen molar-refractivity contribution in [1.29, 1.82) is 0 Å². The molecular weight excluding hydrogens is 298 g/mol. The summed E-state index contributed by atoms with van der Waals surface area (Å²) in [5.41, 5.74) is 0.575. The number of nitrogens with zero attached hydrogens (tertiary/aromatic N) is 2. The van der Waals surface area contributed by atoms with Gasteiger partial charge in [0.15, 0.2) is 0 Å². The van der Waals surface area contributed by atoms with Gasteiger partial charge in [-0.3, -0.25) is 9.69 Å². The first kappa shape index (κ1) is 15.9. The lowest BCUT2D eigenvalue weighted by molar-refractivity contribution is 0.0341. The highest BCUT2D eigenvalue weighted by Crippen LogP contribution is 2.24. The predicted molar refractivity (Wildman–Crippen MR) is 87.1 cm³/mol. The molecule has 1 amide bonds. The number of rotatable bonds is 4. The minimum atomic E-state index is -0.0109. The molecule has 1 aliphatic heterocycles. The van der Waals surface area contributed by atoms with E-state index in [1.165, 1.54) is 19.3 Å². The Morgan fingerprint density at radius 3 is 2.95 bits per heavy atom. The van der Waals surface area contributed by atoms with Gasteiger partial charge < -0.3 is 10.1 Å². The molecule has 0 radical (unpaired) electrons. The van der Waals surface area contributed by atoms with Crippen LogP contribution in [0.3, 0.4) is 0 Å². The van der Waals surface area contributed by atoms with Crippen LogP contribution < -0.4 is 5.32 Å². The van der Waals surface area contributed by atoms with Crippen LogP contribution >= 0.6 is 11.3 Å². The maximum Gasteiger partial charge on any atom is 0.270 e. The number of nitrogens with one attached hydrogen (secondary N) is 1. The highest BCUT2D eigenvalue weighted by atomic mass is 32.1. The van der Waals surface area contributed by atoms with E-state index in [-0.39, 0.29) is 5.91 Å². The molecule has 22 heavy (non-hydrogen) atoms. The van der Waals surface area contributed by atoms with Crippen molar-refractivity contribution in [3.05, 3.63) is 16.1 Å². The Morgan fingerprint density at radius 2 is 2.18 bits per heavy atom. The lowest BCUT2D eigenvalue weighted by Crippen LogP contribution is -2.41. The molecule has 2 unspecified atom stereocenters. The Morgan fingerprint density at radius 1 is 1.41 bits per heavy atom. The lowest BCUT2D eigenvalue weighted by atomic mass is 9.86. The summed E-state index contributed by atoms with van der Waals surface area (Å²) >= 11 is 1.58. The summed E-state index contributed by atoms with van der Waals surface area (Å²) in [7, 11) is 0. The molecule has 5 nitrogen and oxygen atoms in total. The van der Waals surface area contributed by atoms with Crippen LogP contribution in [-0.2, 0) is 11.3 Å². The molecular formula is C16H25N3O2S. The predicted octanol–water partition coefficient (Wildman–Crippen LogP) is 2.28. The first-order valence-corrected chi connectivity index (χ1v) is 9.15. The number of carbonyl (C=O) groups excluding carboxylic acids is 1. The fraction of sp³-hybridized carbons (Fsp3) is 0.750. The Hall–Kier alpha value is -0.980. The number of aromatic nitrogens is 1. The molecule has 3 rings (SSSR count). The Labute approximate surface area is 136 Å². The van der Waals surface area contributed by atoms with Crippen LogP contribution in [0.2, 0.25) is 0 Å². The van der Waals surface area contributed by atoms with Crippen LogP contribution in [-0.4, -0.2) is 48.1 Å². The zero-order valence-electron chi connectivity index (χ0n) is 13.2.